The van der Waals surface area contributed by atoms with Gasteiger partial charge in [-0.1, -0.05) is 218 Å². The van der Waals surface area contributed by atoms with Crippen molar-refractivity contribution in [2.24, 2.45) is 0 Å². The largest absolute Gasteiger partial charge is 0.394 e. The normalized spacial score (nSPS) is 14.2. The summed E-state index contributed by atoms with van der Waals surface area (Å²) in [7, 11) is 0. The van der Waals surface area contributed by atoms with E-state index in [1.54, 1.807) is 0 Å². The van der Waals surface area contributed by atoms with E-state index in [1.165, 1.54) is 186 Å². The Labute approximate surface area is 348 Å². The summed E-state index contributed by atoms with van der Waals surface area (Å²) in [6.07, 6.45) is 52.2. The minimum Gasteiger partial charge on any atom is -0.394 e. The van der Waals surface area contributed by atoms with Gasteiger partial charge in [-0.05, 0) is 64.2 Å². The van der Waals surface area contributed by atoms with Crippen molar-refractivity contribution >= 4 is 5.91 Å². The summed E-state index contributed by atoms with van der Waals surface area (Å²) in [6.45, 7) is 4.06. The molecule has 0 saturated carbocycles. The first-order valence-corrected chi connectivity index (χ1v) is 24.7. The highest BCUT2D eigenvalue weighted by Crippen LogP contribution is 2.16. The van der Waals surface area contributed by atoms with Crippen LogP contribution in [0.25, 0.3) is 0 Å². The fourth-order valence-corrected chi connectivity index (χ4v) is 7.69. The van der Waals surface area contributed by atoms with Crippen LogP contribution in [-0.2, 0) is 4.79 Å². The standard InChI is InChI=1S/C50H97NO5/c1-3-5-7-9-11-13-15-17-19-21-23-25-27-29-31-33-35-37-39-41-43-47(53)49(55)46(45-52)51-50(56)48(54)44-42-40-38-36-34-32-30-28-26-24-22-20-18-16-14-12-10-8-6-4-2/h26,28,35,37,46-49,52-55H,3-25,27,29-34,36,38-45H2,1-2H3,(H,51,56)/b28-26-,37-35+. The second kappa shape index (κ2) is 44.9. The maximum atomic E-state index is 12.5. The molecule has 0 aliphatic carbocycles. The van der Waals surface area contributed by atoms with Gasteiger partial charge in [0.15, 0.2) is 0 Å². The smallest absolute Gasteiger partial charge is 0.249 e. The molecule has 0 aromatic carbocycles. The third kappa shape index (κ3) is 38.3. The van der Waals surface area contributed by atoms with Crippen molar-refractivity contribution in [2.45, 2.75) is 282 Å². The molecule has 1 amide bonds. The van der Waals surface area contributed by atoms with E-state index >= 15 is 0 Å². The average molecular weight is 792 g/mol. The topological polar surface area (TPSA) is 110 Å². The zero-order valence-electron chi connectivity index (χ0n) is 37.4. The first-order valence-electron chi connectivity index (χ1n) is 24.7. The number of allylic oxidation sites excluding steroid dienone is 4. The van der Waals surface area contributed by atoms with Gasteiger partial charge in [0.05, 0.1) is 18.8 Å². The second-order valence-electron chi connectivity index (χ2n) is 17.2. The molecule has 0 rings (SSSR count). The monoisotopic (exact) mass is 792 g/mol. The highest BCUT2D eigenvalue weighted by atomic mass is 16.3. The number of nitrogens with one attached hydrogen (secondary N) is 1. The van der Waals surface area contributed by atoms with Crippen molar-refractivity contribution in [3.05, 3.63) is 24.3 Å². The van der Waals surface area contributed by atoms with Gasteiger partial charge < -0.3 is 25.7 Å². The SMILES string of the molecule is CCCCCCCCCCCC/C=C\CCCCCCCCC(O)C(=O)NC(CO)C(O)C(O)CCC/C=C/CCCCCCCCCCCCCCCCC. The van der Waals surface area contributed by atoms with Gasteiger partial charge in [-0.2, -0.15) is 0 Å². The Morgan fingerprint density at radius 1 is 0.429 bits per heavy atom. The molecule has 0 saturated heterocycles. The predicted octanol–water partition coefficient (Wildman–Crippen LogP) is 13.5. The molecule has 0 aliphatic rings. The minimum absolute atomic E-state index is 0.357. The van der Waals surface area contributed by atoms with Crippen LogP contribution in [0.3, 0.4) is 0 Å². The Morgan fingerprint density at radius 3 is 1.07 bits per heavy atom. The van der Waals surface area contributed by atoms with Crippen LogP contribution in [0.1, 0.15) is 258 Å². The van der Waals surface area contributed by atoms with Crippen LogP contribution < -0.4 is 5.32 Å². The summed E-state index contributed by atoms with van der Waals surface area (Å²) in [5.41, 5.74) is 0. The molecule has 0 aromatic rings. The van der Waals surface area contributed by atoms with Gasteiger partial charge in [-0.25, -0.2) is 0 Å². The Kier molecular flexibility index (Phi) is 43.9. The van der Waals surface area contributed by atoms with E-state index < -0.39 is 36.9 Å². The maximum absolute atomic E-state index is 12.5. The van der Waals surface area contributed by atoms with Crippen LogP contribution >= 0.6 is 0 Å². The predicted molar refractivity (Wildman–Crippen MR) is 242 cm³/mol. The van der Waals surface area contributed by atoms with E-state index in [0.29, 0.717) is 12.8 Å². The highest BCUT2D eigenvalue weighted by Gasteiger charge is 2.28. The second-order valence-corrected chi connectivity index (χ2v) is 17.2. The van der Waals surface area contributed by atoms with Crippen molar-refractivity contribution in [2.75, 3.05) is 6.61 Å². The molecule has 6 heteroatoms. The van der Waals surface area contributed by atoms with Crippen LogP contribution in [0.4, 0.5) is 0 Å². The maximum Gasteiger partial charge on any atom is 0.249 e. The third-order valence-corrected chi connectivity index (χ3v) is 11.6. The Morgan fingerprint density at radius 2 is 0.732 bits per heavy atom. The van der Waals surface area contributed by atoms with Crippen LogP contribution in [0.5, 0.6) is 0 Å². The molecule has 6 nitrogen and oxygen atoms in total. The van der Waals surface area contributed by atoms with Crippen molar-refractivity contribution in [1.29, 1.82) is 0 Å². The van der Waals surface area contributed by atoms with Crippen molar-refractivity contribution in [1.82, 2.24) is 5.32 Å². The van der Waals surface area contributed by atoms with Crippen LogP contribution in [0, 0.1) is 0 Å². The van der Waals surface area contributed by atoms with Gasteiger partial charge in [0.25, 0.3) is 0 Å². The Balaban J connectivity index is 3.73. The molecule has 0 fully saturated rings. The summed E-state index contributed by atoms with van der Waals surface area (Å²) >= 11 is 0. The number of carbonyl (C=O) groups excluding carboxylic acids is 1. The van der Waals surface area contributed by atoms with Gasteiger partial charge in [0.1, 0.15) is 12.2 Å². The molecule has 0 aliphatic heterocycles. The van der Waals surface area contributed by atoms with Gasteiger partial charge in [-0.3, -0.25) is 4.79 Å². The number of carbonyl (C=O) groups is 1. The lowest BCUT2D eigenvalue weighted by atomic mass is 10.00. The quantitative estimate of drug-likeness (QED) is 0.0312. The molecular weight excluding hydrogens is 695 g/mol. The Bertz CT molecular complexity index is 847. The lowest BCUT2D eigenvalue weighted by Gasteiger charge is -2.27. The van der Waals surface area contributed by atoms with Crippen molar-refractivity contribution in [3.8, 4) is 0 Å². The van der Waals surface area contributed by atoms with Crippen LogP contribution in [0.2, 0.25) is 0 Å². The van der Waals surface area contributed by atoms with E-state index in [2.05, 4.69) is 43.5 Å². The number of amides is 1. The fraction of sp³-hybridized carbons (Fsp3) is 0.900. The molecule has 4 unspecified atom stereocenters. The summed E-state index contributed by atoms with van der Waals surface area (Å²) in [5, 5.41) is 43.8. The van der Waals surface area contributed by atoms with Gasteiger partial charge in [0, 0.05) is 0 Å². The van der Waals surface area contributed by atoms with Crippen LogP contribution in [0.15, 0.2) is 24.3 Å². The van der Waals surface area contributed by atoms with Crippen molar-refractivity contribution in [3.63, 3.8) is 0 Å². The van der Waals surface area contributed by atoms with Crippen LogP contribution in [-0.4, -0.2) is 57.3 Å². The van der Waals surface area contributed by atoms with E-state index in [4.69, 9.17) is 0 Å². The fourth-order valence-electron chi connectivity index (χ4n) is 7.69. The lowest BCUT2D eigenvalue weighted by Crippen LogP contribution is -2.53. The molecule has 0 heterocycles. The molecule has 0 bridgehead atoms. The average Bonchev–Trinajstić information content (AvgIpc) is 3.20. The summed E-state index contributed by atoms with van der Waals surface area (Å²) in [6, 6.07) is -1.00. The van der Waals surface area contributed by atoms with Crippen molar-refractivity contribution < 1.29 is 25.2 Å². The first kappa shape index (κ1) is 54.8. The van der Waals surface area contributed by atoms with Gasteiger partial charge in [-0.15, -0.1) is 0 Å². The molecule has 5 N–H and O–H groups in total. The molecular formula is C50H97NO5. The summed E-state index contributed by atoms with van der Waals surface area (Å²) in [5.74, 6) is -0.596. The zero-order chi connectivity index (χ0) is 41.0. The molecule has 0 spiro atoms. The highest BCUT2D eigenvalue weighted by molar-refractivity contribution is 5.80. The third-order valence-electron chi connectivity index (χ3n) is 11.6. The minimum atomic E-state index is -1.28. The number of rotatable bonds is 45. The molecule has 0 radical (unpaired) electrons. The van der Waals surface area contributed by atoms with E-state index in [-0.39, 0.29) is 0 Å². The number of unbranched alkanes of at least 4 members (excludes halogenated alkanes) is 32. The molecule has 56 heavy (non-hydrogen) atoms. The summed E-state index contributed by atoms with van der Waals surface area (Å²) in [4.78, 5) is 12.5. The number of hydrogen-bond acceptors (Lipinski definition) is 5. The lowest BCUT2D eigenvalue weighted by molar-refractivity contribution is -0.132. The number of hydrogen-bond donors (Lipinski definition) is 5. The first-order chi connectivity index (χ1) is 27.5. The molecule has 332 valence electrons. The van der Waals surface area contributed by atoms with E-state index in [1.807, 2.05) is 0 Å². The number of aliphatic hydroxyl groups excluding tert-OH is 4. The molecule has 0 aromatic heterocycles. The van der Waals surface area contributed by atoms with E-state index in [9.17, 15) is 25.2 Å². The molecule has 4 atom stereocenters. The summed E-state index contributed by atoms with van der Waals surface area (Å²) < 4.78 is 0. The van der Waals surface area contributed by atoms with Gasteiger partial charge >= 0.3 is 0 Å². The zero-order valence-corrected chi connectivity index (χ0v) is 37.4. The number of aliphatic hydroxyl groups is 4. The van der Waals surface area contributed by atoms with E-state index in [0.717, 1.165) is 44.9 Å². The van der Waals surface area contributed by atoms with Gasteiger partial charge in [0.2, 0.25) is 5.91 Å². The Hall–Kier alpha value is -1.21.